The molecule has 0 fully saturated rings. The summed E-state index contributed by atoms with van der Waals surface area (Å²) in [5.74, 6) is -0.244. The standard InChI is InChI=1S/C40H48N4O6/c1-27-24-44(28(2)26-45)39(47)34-23-32(41-40(48)42-35-19-12-17-30-14-8-9-18-33(30)35)20-21-36(34)50-29(3)13-10-11-22-49-37(27)25-43(4)38(46)31-15-6-5-7-16-31/h5-9,12,14-21,23,27-29,37,45H,10-11,13,22,24-26H2,1-4H3,(H2,41,42,48)/t27-,28-,29+,37+/m1/s1. The second-order valence-corrected chi connectivity index (χ2v) is 13.2. The number of nitrogens with zero attached hydrogens (tertiary/aromatic N) is 2. The molecule has 4 atom stereocenters. The zero-order chi connectivity index (χ0) is 35.6. The second-order valence-electron chi connectivity index (χ2n) is 13.2. The number of fused-ring (bicyclic) bond motifs is 2. The summed E-state index contributed by atoms with van der Waals surface area (Å²) in [4.78, 5) is 44.2. The molecule has 0 aliphatic carbocycles. The van der Waals surface area contributed by atoms with E-state index in [9.17, 15) is 19.5 Å². The molecule has 10 nitrogen and oxygen atoms in total. The maximum absolute atomic E-state index is 14.5. The molecule has 1 aliphatic heterocycles. The number of carbonyl (C=O) groups is 3. The van der Waals surface area contributed by atoms with Crippen molar-refractivity contribution in [3.05, 3.63) is 102 Å². The van der Waals surface area contributed by atoms with E-state index in [-0.39, 0.29) is 48.7 Å². The van der Waals surface area contributed by atoms with E-state index in [1.54, 1.807) is 54.1 Å². The quantitative estimate of drug-likeness (QED) is 0.192. The van der Waals surface area contributed by atoms with Crippen LogP contribution < -0.4 is 15.4 Å². The lowest BCUT2D eigenvalue weighted by atomic mass is 10.0. The van der Waals surface area contributed by atoms with Crippen molar-refractivity contribution in [1.29, 1.82) is 0 Å². The van der Waals surface area contributed by atoms with E-state index >= 15 is 0 Å². The van der Waals surface area contributed by atoms with Crippen LogP contribution in [0.25, 0.3) is 10.8 Å². The molecule has 264 valence electrons. The normalized spacial score (nSPS) is 19.4. The molecule has 0 spiro atoms. The van der Waals surface area contributed by atoms with Gasteiger partial charge in [-0.15, -0.1) is 0 Å². The fourth-order valence-electron chi connectivity index (χ4n) is 6.24. The molecule has 5 rings (SSSR count). The average molecular weight is 681 g/mol. The van der Waals surface area contributed by atoms with E-state index in [4.69, 9.17) is 9.47 Å². The van der Waals surface area contributed by atoms with Gasteiger partial charge in [0.2, 0.25) is 0 Å². The largest absolute Gasteiger partial charge is 0.490 e. The lowest BCUT2D eigenvalue weighted by molar-refractivity contribution is -0.0149. The van der Waals surface area contributed by atoms with Crippen LogP contribution in [0.15, 0.2) is 91.0 Å². The van der Waals surface area contributed by atoms with E-state index in [1.807, 2.05) is 74.5 Å². The van der Waals surface area contributed by atoms with Gasteiger partial charge in [-0.2, -0.15) is 0 Å². The third kappa shape index (κ3) is 9.19. The number of hydrogen-bond donors (Lipinski definition) is 3. The highest BCUT2D eigenvalue weighted by atomic mass is 16.5. The van der Waals surface area contributed by atoms with Crippen LogP contribution in [0.2, 0.25) is 0 Å². The molecule has 0 unspecified atom stereocenters. The number of urea groups is 1. The van der Waals surface area contributed by atoms with Gasteiger partial charge in [0.15, 0.2) is 0 Å². The van der Waals surface area contributed by atoms with Crippen molar-refractivity contribution >= 4 is 40.0 Å². The molecule has 1 heterocycles. The summed E-state index contributed by atoms with van der Waals surface area (Å²) in [5.41, 5.74) is 1.95. The van der Waals surface area contributed by atoms with Gasteiger partial charge in [0.05, 0.1) is 36.1 Å². The summed E-state index contributed by atoms with van der Waals surface area (Å²) < 4.78 is 12.7. The molecule has 0 radical (unpaired) electrons. The average Bonchev–Trinajstić information content (AvgIpc) is 3.12. The molecule has 0 saturated carbocycles. The Morgan fingerprint density at radius 1 is 0.960 bits per heavy atom. The van der Waals surface area contributed by atoms with E-state index in [0.717, 1.165) is 30.0 Å². The maximum Gasteiger partial charge on any atom is 0.323 e. The molecule has 4 amide bonds. The zero-order valence-corrected chi connectivity index (χ0v) is 29.3. The van der Waals surface area contributed by atoms with E-state index in [0.29, 0.717) is 35.8 Å². The van der Waals surface area contributed by atoms with E-state index in [1.165, 1.54) is 0 Å². The number of hydrogen-bond acceptors (Lipinski definition) is 6. The number of amides is 4. The smallest absolute Gasteiger partial charge is 0.323 e. The van der Waals surface area contributed by atoms with Crippen molar-refractivity contribution in [2.24, 2.45) is 5.92 Å². The topological polar surface area (TPSA) is 120 Å². The summed E-state index contributed by atoms with van der Waals surface area (Å²) in [6, 6.07) is 26.7. The number of aliphatic hydroxyl groups excluding tert-OH is 1. The van der Waals surface area contributed by atoms with Crippen molar-refractivity contribution in [1.82, 2.24) is 9.80 Å². The van der Waals surface area contributed by atoms with E-state index in [2.05, 4.69) is 10.6 Å². The first-order chi connectivity index (χ1) is 24.1. The number of likely N-dealkylation sites (N-methyl/N-ethyl adjacent to an activating group) is 1. The second kappa shape index (κ2) is 17.1. The Balaban J connectivity index is 1.40. The predicted octanol–water partition coefficient (Wildman–Crippen LogP) is 7.05. The molecule has 0 saturated heterocycles. The minimum atomic E-state index is -0.529. The Morgan fingerprint density at radius 3 is 2.48 bits per heavy atom. The Labute approximate surface area is 294 Å². The predicted molar refractivity (Wildman–Crippen MR) is 197 cm³/mol. The van der Waals surface area contributed by atoms with Crippen molar-refractivity contribution in [2.45, 2.75) is 58.3 Å². The summed E-state index contributed by atoms with van der Waals surface area (Å²) in [6.45, 7) is 6.59. The van der Waals surface area contributed by atoms with Gasteiger partial charge < -0.3 is 35.0 Å². The van der Waals surface area contributed by atoms with Crippen LogP contribution >= 0.6 is 0 Å². The first-order valence-electron chi connectivity index (χ1n) is 17.3. The fourth-order valence-corrected chi connectivity index (χ4v) is 6.24. The van der Waals surface area contributed by atoms with Gasteiger partial charge in [-0.3, -0.25) is 9.59 Å². The van der Waals surface area contributed by atoms with Gasteiger partial charge in [-0.05, 0) is 74.9 Å². The van der Waals surface area contributed by atoms with Crippen LogP contribution in [0.1, 0.15) is 60.7 Å². The molecule has 1 aliphatic rings. The van der Waals surface area contributed by atoms with Gasteiger partial charge in [-0.1, -0.05) is 61.5 Å². The van der Waals surface area contributed by atoms with Crippen molar-refractivity contribution in [2.75, 3.05) is 44.0 Å². The third-order valence-corrected chi connectivity index (χ3v) is 9.17. The maximum atomic E-state index is 14.5. The van der Waals surface area contributed by atoms with E-state index < -0.39 is 12.1 Å². The Bertz CT molecular complexity index is 1760. The fraction of sp³-hybridized carbons (Fsp3) is 0.375. The lowest BCUT2D eigenvalue weighted by Crippen LogP contribution is -2.48. The van der Waals surface area contributed by atoms with Gasteiger partial charge in [0.1, 0.15) is 5.75 Å². The van der Waals surface area contributed by atoms with Crippen LogP contribution in [0.5, 0.6) is 5.75 Å². The number of anilines is 2. The number of ether oxygens (including phenoxy) is 2. The number of carbonyl (C=O) groups excluding carboxylic acids is 3. The molecule has 50 heavy (non-hydrogen) atoms. The van der Waals surface area contributed by atoms with Gasteiger partial charge in [0, 0.05) is 49.3 Å². The first-order valence-corrected chi connectivity index (χ1v) is 17.3. The summed E-state index contributed by atoms with van der Waals surface area (Å²) in [7, 11) is 1.76. The Kier molecular flexibility index (Phi) is 12.5. The van der Waals surface area contributed by atoms with Crippen LogP contribution in [-0.2, 0) is 4.74 Å². The summed E-state index contributed by atoms with van der Waals surface area (Å²) in [6.07, 6.45) is 1.85. The highest BCUT2D eigenvalue weighted by molar-refractivity contribution is 6.07. The number of nitrogens with one attached hydrogen (secondary N) is 2. The van der Waals surface area contributed by atoms with Gasteiger partial charge in [0.25, 0.3) is 11.8 Å². The monoisotopic (exact) mass is 680 g/mol. The first kappa shape index (κ1) is 36.4. The Morgan fingerprint density at radius 2 is 1.70 bits per heavy atom. The SMILES string of the molecule is C[C@@H]1CN([C@H](C)CO)C(=O)c2cc(NC(=O)Nc3cccc4ccccc34)ccc2O[C@@H](C)CCCCO[C@H]1CN(C)C(=O)c1ccccc1. The lowest BCUT2D eigenvalue weighted by Gasteiger charge is -2.36. The Hall–Kier alpha value is -4.93. The molecule has 0 aromatic heterocycles. The van der Waals surface area contributed by atoms with Crippen molar-refractivity contribution in [3.63, 3.8) is 0 Å². The van der Waals surface area contributed by atoms with Gasteiger partial charge >= 0.3 is 6.03 Å². The minimum Gasteiger partial charge on any atom is -0.490 e. The highest BCUT2D eigenvalue weighted by Gasteiger charge is 2.31. The van der Waals surface area contributed by atoms with Crippen LogP contribution in [-0.4, -0.2) is 84.4 Å². The third-order valence-electron chi connectivity index (χ3n) is 9.17. The highest BCUT2D eigenvalue weighted by Crippen LogP contribution is 2.29. The van der Waals surface area contributed by atoms with Crippen molar-refractivity contribution < 1.29 is 29.0 Å². The number of benzene rings is 4. The zero-order valence-electron chi connectivity index (χ0n) is 29.3. The molecule has 0 bridgehead atoms. The van der Waals surface area contributed by atoms with Crippen LogP contribution in [0.3, 0.4) is 0 Å². The molecular formula is C40H48N4O6. The van der Waals surface area contributed by atoms with Crippen LogP contribution in [0, 0.1) is 5.92 Å². The minimum absolute atomic E-state index is 0.109. The van der Waals surface area contributed by atoms with Gasteiger partial charge in [-0.25, -0.2) is 4.79 Å². The molecular weight excluding hydrogens is 632 g/mol. The molecule has 4 aromatic rings. The number of aliphatic hydroxyl groups is 1. The summed E-state index contributed by atoms with van der Waals surface area (Å²) in [5, 5.41) is 18.0. The molecule has 3 N–H and O–H groups in total. The van der Waals surface area contributed by atoms with Crippen molar-refractivity contribution in [3.8, 4) is 5.75 Å². The number of rotatable bonds is 7. The summed E-state index contributed by atoms with van der Waals surface area (Å²) >= 11 is 0. The molecule has 10 heteroatoms. The molecule has 4 aromatic carbocycles. The van der Waals surface area contributed by atoms with Crippen LogP contribution in [0.4, 0.5) is 16.2 Å².